The van der Waals surface area contributed by atoms with Gasteiger partial charge in [-0.25, -0.2) is 9.37 Å². The minimum absolute atomic E-state index is 0.252. The molecule has 0 aliphatic rings. The molecule has 1 amide bonds. The third kappa shape index (κ3) is 5.03. The number of rotatable bonds is 6. The van der Waals surface area contributed by atoms with Gasteiger partial charge in [-0.1, -0.05) is 48.5 Å². The second kappa shape index (κ2) is 9.68. The van der Waals surface area contributed by atoms with Crippen molar-refractivity contribution in [2.24, 2.45) is 0 Å². The van der Waals surface area contributed by atoms with E-state index in [1.807, 2.05) is 60.0 Å². The van der Waals surface area contributed by atoms with Crippen LogP contribution < -0.4 is 10.1 Å². The molecular weight excluding hydrogens is 447 g/mol. The van der Waals surface area contributed by atoms with E-state index < -0.39 is 0 Å². The maximum Gasteiger partial charge on any atom is 0.255 e. The lowest BCUT2D eigenvalue weighted by Crippen LogP contribution is -2.11. The van der Waals surface area contributed by atoms with E-state index in [4.69, 9.17) is 9.72 Å². The Morgan fingerprint density at radius 2 is 1.56 bits per heavy atom. The molecule has 1 heterocycles. The summed E-state index contributed by atoms with van der Waals surface area (Å²) in [5.74, 6) is 0.398. The Balaban J connectivity index is 1.26. The van der Waals surface area contributed by atoms with Gasteiger partial charge in [-0.05, 0) is 54.6 Å². The highest BCUT2D eigenvalue weighted by atomic mass is 32.1. The van der Waals surface area contributed by atoms with Crippen molar-refractivity contribution >= 4 is 22.9 Å². The van der Waals surface area contributed by atoms with Crippen LogP contribution in [0, 0.1) is 5.82 Å². The van der Waals surface area contributed by atoms with Crippen LogP contribution in [-0.2, 0) is 0 Å². The van der Waals surface area contributed by atoms with E-state index >= 15 is 0 Å². The number of nitrogens with zero attached hydrogens (tertiary/aromatic N) is 1. The lowest BCUT2D eigenvalue weighted by molar-refractivity contribution is 0.102. The number of aromatic nitrogens is 1. The van der Waals surface area contributed by atoms with E-state index in [1.54, 1.807) is 35.6 Å². The summed E-state index contributed by atoms with van der Waals surface area (Å²) in [6.07, 6.45) is 0. The molecule has 0 saturated carbocycles. The number of carbonyl (C=O) groups excluding carboxylic acids is 1. The number of amides is 1. The fourth-order valence-corrected chi connectivity index (χ4v) is 4.22. The lowest BCUT2D eigenvalue weighted by atomic mass is 10.1. The zero-order valence-corrected chi connectivity index (χ0v) is 18.8. The van der Waals surface area contributed by atoms with E-state index in [0.717, 1.165) is 21.8 Å². The van der Waals surface area contributed by atoms with Gasteiger partial charge in [0.25, 0.3) is 5.91 Å². The molecule has 0 spiro atoms. The van der Waals surface area contributed by atoms with Crippen LogP contribution in [0.4, 0.5) is 10.1 Å². The SMILES string of the molecule is O=C(Nc1ccc(-c2csc(-c3ccccc3)n2)cc1)c1cccc(Oc2ccc(F)cc2)c1. The Bertz CT molecular complexity index is 1420. The van der Waals surface area contributed by atoms with Crippen molar-refractivity contribution in [3.05, 3.63) is 120 Å². The van der Waals surface area contributed by atoms with E-state index in [1.165, 1.54) is 24.3 Å². The summed E-state index contributed by atoms with van der Waals surface area (Å²) in [7, 11) is 0. The van der Waals surface area contributed by atoms with Gasteiger partial charge < -0.3 is 10.1 Å². The molecule has 34 heavy (non-hydrogen) atoms. The molecule has 4 aromatic carbocycles. The van der Waals surface area contributed by atoms with Gasteiger partial charge in [0.15, 0.2) is 0 Å². The summed E-state index contributed by atoms with van der Waals surface area (Å²) >= 11 is 1.60. The first-order chi connectivity index (χ1) is 16.6. The highest BCUT2D eigenvalue weighted by Crippen LogP contribution is 2.29. The summed E-state index contributed by atoms with van der Waals surface area (Å²) in [5, 5.41) is 5.90. The number of anilines is 1. The van der Waals surface area contributed by atoms with E-state index in [2.05, 4.69) is 5.32 Å². The van der Waals surface area contributed by atoms with Crippen LogP contribution in [0.2, 0.25) is 0 Å². The zero-order chi connectivity index (χ0) is 23.3. The van der Waals surface area contributed by atoms with Gasteiger partial charge in [-0.2, -0.15) is 0 Å². The highest BCUT2D eigenvalue weighted by molar-refractivity contribution is 7.13. The van der Waals surface area contributed by atoms with Crippen LogP contribution in [0.25, 0.3) is 21.8 Å². The lowest BCUT2D eigenvalue weighted by Gasteiger charge is -2.09. The van der Waals surface area contributed by atoms with E-state index in [0.29, 0.717) is 22.7 Å². The molecule has 0 atom stereocenters. The van der Waals surface area contributed by atoms with Gasteiger partial charge in [0, 0.05) is 27.8 Å². The van der Waals surface area contributed by atoms with Crippen molar-refractivity contribution in [1.82, 2.24) is 4.98 Å². The van der Waals surface area contributed by atoms with Crippen molar-refractivity contribution in [3.8, 4) is 33.3 Å². The first-order valence-corrected chi connectivity index (χ1v) is 11.5. The van der Waals surface area contributed by atoms with Crippen LogP contribution in [0.1, 0.15) is 10.4 Å². The van der Waals surface area contributed by atoms with Gasteiger partial charge in [-0.15, -0.1) is 11.3 Å². The predicted molar refractivity (Wildman–Crippen MR) is 134 cm³/mol. The zero-order valence-electron chi connectivity index (χ0n) is 17.9. The third-order valence-electron chi connectivity index (χ3n) is 5.11. The first kappa shape index (κ1) is 21.6. The van der Waals surface area contributed by atoms with Crippen LogP contribution in [0.3, 0.4) is 0 Å². The fourth-order valence-electron chi connectivity index (χ4n) is 3.39. The highest BCUT2D eigenvalue weighted by Gasteiger charge is 2.10. The largest absolute Gasteiger partial charge is 0.457 e. The van der Waals surface area contributed by atoms with E-state index in [-0.39, 0.29) is 11.7 Å². The molecule has 1 N–H and O–H groups in total. The average Bonchev–Trinajstić information content (AvgIpc) is 3.37. The van der Waals surface area contributed by atoms with Crippen molar-refractivity contribution in [2.45, 2.75) is 0 Å². The molecule has 0 fully saturated rings. The number of ether oxygens (including phenoxy) is 1. The fraction of sp³-hybridized carbons (Fsp3) is 0. The van der Waals surface area contributed by atoms with Crippen molar-refractivity contribution in [1.29, 1.82) is 0 Å². The van der Waals surface area contributed by atoms with Gasteiger partial charge in [0.05, 0.1) is 5.69 Å². The Morgan fingerprint density at radius 3 is 2.32 bits per heavy atom. The quantitative estimate of drug-likeness (QED) is 0.279. The molecule has 0 unspecified atom stereocenters. The minimum atomic E-state index is -0.335. The molecule has 0 aliphatic heterocycles. The molecule has 4 nitrogen and oxygen atoms in total. The van der Waals surface area contributed by atoms with Crippen molar-refractivity contribution < 1.29 is 13.9 Å². The molecule has 1 aromatic heterocycles. The maximum atomic E-state index is 13.1. The van der Waals surface area contributed by atoms with Crippen LogP contribution in [-0.4, -0.2) is 10.9 Å². The number of hydrogen-bond donors (Lipinski definition) is 1. The van der Waals surface area contributed by atoms with Crippen LogP contribution in [0.15, 0.2) is 109 Å². The first-order valence-electron chi connectivity index (χ1n) is 10.6. The average molecular weight is 467 g/mol. The summed E-state index contributed by atoms with van der Waals surface area (Å²) < 4.78 is 18.8. The van der Waals surface area contributed by atoms with Gasteiger partial charge in [0.2, 0.25) is 0 Å². The number of thiazole rings is 1. The van der Waals surface area contributed by atoms with Crippen LogP contribution >= 0.6 is 11.3 Å². The summed E-state index contributed by atoms with van der Waals surface area (Å²) in [6.45, 7) is 0. The summed E-state index contributed by atoms with van der Waals surface area (Å²) in [4.78, 5) is 17.5. The monoisotopic (exact) mass is 466 g/mol. The molecule has 0 saturated heterocycles. The summed E-state index contributed by atoms with van der Waals surface area (Å²) in [5.41, 5.74) is 4.10. The molecule has 5 rings (SSSR count). The molecule has 0 aliphatic carbocycles. The number of halogens is 1. The van der Waals surface area contributed by atoms with Gasteiger partial charge in [0.1, 0.15) is 22.3 Å². The van der Waals surface area contributed by atoms with Crippen molar-refractivity contribution in [2.75, 3.05) is 5.32 Å². The number of hydrogen-bond acceptors (Lipinski definition) is 4. The Labute approximate surface area is 200 Å². The molecule has 0 bridgehead atoms. The predicted octanol–water partition coefficient (Wildman–Crippen LogP) is 7.66. The van der Waals surface area contributed by atoms with E-state index in [9.17, 15) is 9.18 Å². The molecule has 0 radical (unpaired) electrons. The minimum Gasteiger partial charge on any atom is -0.457 e. The Hall–Kier alpha value is -4.29. The van der Waals surface area contributed by atoms with Gasteiger partial charge in [-0.3, -0.25) is 4.79 Å². The second-order valence-corrected chi connectivity index (χ2v) is 8.38. The molecule has 166 valence electrons. The van der Waals surface area contributed by atoms with Crippen LogP contribution in [0.5, 0.6) is 11.5 Å². The Kier molecular flexibility index (Phi) is 6.14. The van der Waals surface area contributed by atoms with Crippen molar-refractivity contribution in [3.63, 3.8) is 0 Å². The Morgan fingerprint density at radius 1 is 0.794 bits per heavy atom. The molecule has 5 aromatic rings. The van der Waals surface area contributed by atoms with Gasteiger partial charge >= 0.3 is 0 Å². The normalized spacial score (nSPS) is 10.6. The topological polar surface area (TPSA) is 51.2 Å². The second-order valence-electron chi connectivity index (χ2n) is 7.52. The maximum absolute atomic E-state index is 13.1. The standard InChI is InChI=1S/C28H19FN2O2S/c29-22-11-15-24(16-12-22)33-25-8-4-7-21(17-25)27(32)30-23-13-9-19(10-14-23)26-18-34-28(31-26)20-5-2-1-3-6-20/h1-18H,(H,30,32). The summed E-state index contributed by atoms with van der Waals surface area (Å²) in [6, 6.07) is 30.2. The number of carbonyl (C=O) groups is 1. The smallest absolute Gasteiger partial charge is 0.255 e. The number of nitrogens with one attached hydrogen (secondary N) is 1. The third-order valence-corrected chi connectivity index (χ3v) is 6.00. The number of benzene rings is 4. The molecular formula is C28H19FN2O2S. The molecule has 6 heteroatoms.